The first-order chi connectivity index (χ1) is 22.6. The van der Waals surface area contributed by atoms with Crippen LogP contribution in [0.4, 0.5) is 5.13 Å². The lowest BCUT2D eigenvalue weighted by Crippen LogP contribution is -2.39. The van der Waals surface area contributed by atoms with Crippen LogP contribution in [0.2, 0.25) is 0 Å². The van der Waals surface area contributed by atoms with Crippen molar-refractivity contribution >= 4 is 39.8 Å². The van der Waals surface area contributed by atoms with Crippen molar-refractivity contribution in [2.24, 2.45) is 23.7 Å². The highest BCUT2D eigenvalue weighted by Gasteiger charge is 2.13. The number of amides is 2. The van der Waals surface area contributed by atoms with Gasteiger partial charge in [0.15, 0.2) is 5.13 Å². The lowest BCUT2D eigenvalue weighted by Gasteiger charge is -2.25. The summed E-state index contributed by atoms with van der Waals surface area (Å²) >= 11 is 1.41. The number of ketones is 2. The Balaban J connectivity index is -0.000000502. The van der Waals surface area contributed by atoms with E-state index in [1.54, 1.807) is 18.0 Å². The van der Waals surface area contributed by atoms with Gasteiger partial charge in [0.05, 0.1) is 13.2 Å². The summed E-state index contributed by atoms with van der Waals surface area (Å²) in [4.78, 5) is 45.6. The van der Waals surface area contributed by atoms with E-state index >= 15 is 0 Å². The highest BCUT2D eigenvalue weighted by atomic mass is 32.1. The molecular formula is C40H77N3O5S. The van der Waals surface area contributed by atoms with Crippen LogP contribution in [0.25, 0.3) is 0 Å². The molecule has 0 unspecified atom stereocenters. The Morgan fingerprint density at radius 3 is 1.20 bits per heavy atom. The van der Waals surface area contributed by atoms with Gasteiger partial charge in [-0.15, -0.1) is 11.3 Å². The number of nitrogens with zero attached hydrogens (tertiary/aromatic N) is 2. The third-order valence-electron chi connectivity index (χ3n) is 7.97. The molecule has 0 bridgehead atoms. The maximum Gasteiger partial charge on any atom is 0.223 e. The Kier molecular flexibility index (Phi) is 35.9. The SMILES string of the molecule is C.CC(=O)N1CCOCC1.CC(=O)Nc1nccs1.CC(C)=O.CC(C)=O.CC1CC1.CC1CCC1.CC1CCCC1.CC1CCCCC1. The van der Waals surface area contributed by atoms with Crippen molar-refractivity contribution in [3.8, 4) is 0 Å². The molecule has 0 spiro atoms. The molecule has 1 saturated heterocycles. The molecule has 1 aromatic heterocycles. The number of aromatic nitrogens is 1. The average Bonchev–Trinajstić information content (AvgIpc) is 3.38. The third kappa shape index (κ3) is 43.8. The summed E-state index contributed by atoms with van der Waals surface area (Å²) in [5, 5.41) is 5.02. The quantitative estimate of drug-likeness (QED) is 0.311. The molecule has 4 aliphatic carbocycles. The zero-order valence-electron chi connectivity index (χ0n) is 32.5. The Labute approximate surface area is 306 Å². The Bertz CT molecular complexity index is 894. The molecule has 0 radical (unpaired) electrons. The van der Waals surface area contributed by atoms with Gasteiger partial charge in [0.25, 0.3) is 0 Å². The van der Waals surface area contributed by atoms with Crippen molar-refractivity contribution < 1.29 is 23.9 Å². The van der Waals surface area contributed by atoms with E-state index in [-0.39, 0.29) is 30.8 Å². The normalized spacial score (nSPS) is 17.9. The van der Waals surface area contributed by atoms with Crippen LogP contribution in [0.1, 0.15) is 167 Å². The molecule has 8 nitrogen and oxygen atoms in total. The second kappa shape index (κ2) is 34.3. The average molecular weight is 712 g/mol. The number of ether oxygens (including phenoxy) is 1. The minimum absolute atomic E-state index is 0. The molecule has 9 heteroatoms. The number of morpholine rings is 1. The van der Waals surface area contributed by atoms with Gasteiger partial charge in [-0.3, -0.25) is 9.59 Å². The molecule has 1 aliphatic heterocycles. The van der Waals surface area contributed by atoms with Gasteiger partial charge < -0.3 is 24.5 Å². The van der Waals surface area contributed by atoms with E-state index in [9.17, 15) is 19.2 Å². The highest BCUT2D eigenvalue weighted by molar-refractivity contribution is 7.13. The van der Waals surface area contributed by atoms with E-state index < -0.39 is 0 Å². The fraction of sp³-hybridized carbons (Fsp3) is 0.825. The zero-order valence-corrected chi connectivity index (χ0v) is 33.4. The fourth-order valence-electron chi connectivity index (χ4n) is 4.53. The number of Topliss-reactive ketones (excluding diaryl/α,β-unsaturated/α-hetero) is 2. The van der Waals surface area contributed by atoms with Crippen LogP contribution in [0, 0.1) is 23.7 Å². The molecule has 5 fully saturated rings. The molecular weight excluding hydrogens is 635 g/mol. The summed E-state index contributed by atoms with van der Waals surface area (Å²) in [6.45, 7) is 21.4. The predicted molar refractivity (Wildman–Crippen MR) is 210 cm³/mol. The first-order valence-electron chi connectivity index (χ1n) is 18.6. The first-order valence-corrected chi connectivity index (χ1v) is 19.5. The van der Waals surface area contributed by atoms with Gasteiger partial charge in [0, 0.05) is 38.5 Å². The minimum Gasteiger partial charge on any atom is -0.378 e. The van der Waals surface area contributed by atoms with E-state index in [0.717, 1.165) is 36.8 Å². The zero-order chi connectivity index (χ0) is 36.7. The van der Waals surface area contributed by atoms with Crippen molar-refractivity contribution in [3.63, 3.8) is 0 Å². The molecule has 5 aliphatic rings. The van der Waals surface area contributed by atoms with E-state index in [1.807, 2.05) is 5.38 Å². The van der Waals surface area contributed by atoms with E-state index in [0.29, 0.717) is 18.3 Å². The summed E-state index contributed by atoms with van der Waals surface area (Å²) in [6.07, 6.45) is 22.5. The van der Waals surface area contributed by atoms with Gasteiger partial charge in [0.1, 0.15) is 11.6 Å². The summed E-state index contributed by atoms with van der Waals surface area (Å²) in [5.74, 6) is 4.64. The number of hydrogen-bond acceptors (Lipinski definition) is 7. The van der Waals surface area contributed by atoms with E-state index in [4.69, 9.17) is 4.74 Å². The molecule has 6 rings (SSSR count). The minimum atomic E-state index is -0.0787. The second-order valence-corrected chi connectivity index (χ2v) is 15.2. The molecule has 0 atom stereocenters. The molecule has 1 aromatic rings. The van der Waals surface area contributed by atoms with Gasteiger partial charge in [-0.1, -0.05) is 125 Å². The van der Waals surface area contributed by atoms with Gasteiger partial charge >= 0.3 is 0 Å². The van der Waals surface area contributed by atoms with Crippen LogP contribution in [-0.2, 0) is 23.9 Å². The number of carbonyl (C=O) groups is 4. The first kappa shape index (κ1) is 51.2. The summed E-state index contributed by atoms with van der Waals surface area (Å²) in [6, 6.07) is 0. The predicted octanol–water partition coefficient (Wildman–Crippen LogP) is 10.8. The largest absolute Gasteiger partial charge is 0.378 e. The van der Waals surface area contributed by atoms with Crippen molar-refractivity contribution in [2.75, 3.05) is 31.6 Å². The highest BCUT2D eigenvalue weighted by Crippen LogP contribution is 2.27. The lowest BCUT2D eigenvalue weighted by atomic mass is 9.88. The van der Waals surface area contributed by atoms with Crippen LogP contribution < -0.4 is 5.32 Å². The van der Waals surface area contributed by atoms with Crippen molar-refractivity contribution in [1.29, 1.82) is 0 Å². The Morgan fingerprint density at radius 2 is 1.02 bits per heavy atom. The summed E-state index contributed by atoms with van der Waals surface area (Å²) in [5.41, 5.74) is 0. The molecule has 1 N–H and O–H groups in total. The monoisotopic (exact) mass is 712 g/mol. The maximum absolute atomic E-state index is 10.7. The van der Waals surface area contributed by atoms with E-state index in [1.165, 1.54) is 136 Å². The van der Waals surface area contributed by atoms with Crippen LogP contribution in [-0.4, -0.2) is 59.6 Å². The summed E-state index contributed by atoms with van der Waals surface area (Å²) < 4.78 is 5.06. The second-order valence-electron chi connectivity index (χ2n) is 14.3. The number of anilines is 1. The number of thiazole rings is 1. The smallest absolute Gasteiger partial charge is 0.223 e. The van der Waals surface area contributed by atoms with Crippen LogP contribution in [0.5, 0.6) is 0 Å². The van der Waals surface area contributed by atoms with Gasteiger partial charge in [-0.2, -0.15) is 0 Å². The van der Waals surface area contributed by atoms with E-state index in [2.05, 4.69) is 38.0 Å². The van der Waals surface area contributed by atoms with Crippen molar-refractivity contribution in [1.82, 2.24) is 9.88 Å². The summed E-state index contributed by atoms with van der Waals surface area (Å²) in [7, 11) is 0. The Morgan fingerprint density at radius 1 is 0.653 bits per heavy atom. The lowest BCUT2D eigenvalue weighted by molar-refractivity contribution is -0.132. The fourth-order valence-corrected chi connectivity index (χ4v) is 5.10. The number of carbonyl (C=O) groups excluding carboxylic acids is 4. The molecule has 4 saturated carbocycles. The third-order valence-corrected chi connectivity index (χ3v) is 8.66. The van der Waals surface area contributed by atoms with Crippen molar-refractivity contribution in [2.45, 2.75) is 167 Å². The molecule has 2 amide bonds. The molecule has 49 heavy (non-hydrogen) atoms. The molecule has 0 aromatic carbocycles. The molecule has 2 heterocycles. The topological polar surface area (TPSA) is 106 Å². The number of rotatable bonds is 1. The maximum atomic E-state index is 10.7. The Hall–Kier alpha value is -2.13. The molecule has 288 valence electrons. The standard InChI is InChI=1S/C7H14.C6H11NO2.C6H12.C5H6N2OS.C5H10.C4H8.2C3H6O.CH4/c1-7-5-3-2-4-6-7;1-6(8)7-2-4-9-5-3-7;1-6-4-2-3-5-6;1-4(8)7-5-6-2-3-9-5;1-5-3-2-4-5;1-4-2-3-4;2*1-3(2)4;/h7H,2-6H2,1H3;2-5H2,1H3;6H,2-5H2,1H3;2-3H,1H3,(H,6,7,8);5H,2-4H2,1H3;4H,2-3H2,1H3;2*1-2H3;1H4. The number of hydrogen-bond donors (Lipinski definition) is 1. The van der Waals surface area contributed by atoms with Gasteiger partial charge in [-0.25, -0.2) is 4.98 Å². The van der Waals surface area contributed by atoms with Crippen LogP contribution in [0.15, 0.2) is 11.6 Å². The van der Waals surface area contributed by atoms with Crippen molar-refractivity contribution in [3.05, 3.63) is 11.6 Å². The number of nitrogens with one attached hydrogen (secondary N) is 1. The van der Waals surface area contributed by atoms with Gasteiger partial charge in [0.2, 0.25) is 11.8 Å². The van der Waals surface area contributed by atoms with Gasteiger partial charge in [-0.05, 0) is 51.4 Å². The van der Waals surface area contributed by atoms with Crippen LogP contribution in [0.3, 0.4) is 0 Å². The van der Waals surface area contributed by atoms with Crippen LogP contribution >= 0.6 is 11.3 Å².